The molecule has 1 saturated heterocycles. The largest absolute Gasteiger partial charge is 0.496 e. The van der Waals surface area contributed by atoms with Crippen LogP contribution in [0.25, 0.3) is 0 Å². The Morgan fingerprint density at radius 2 is 2.00 bits per heavy atom. The lowest BCUT2D eigenvalue weighted by Crippen LogP contribution is -2.35. The molecule has 0 spiro atoms. The summed E-state index contributed by atoms with van der Waals surface area (Å²) in [7, 11) is -1.98. The number of amides is 1. The van der Waals surface area contributed by atoms with E-state index in [2.05, 4.69) is 10.3 Å². The molecule has 1 N–H and O–H groups in total. The fraction of sp³-hybridized carbons (Fsp3) is 0.429. The molecule has 0 unspecified atom stereocenters. The van der Waals surface area contributed by atoms with Crippen molar-refractivity contribution < 1.29 is 17.9 Å². The van der Waals surface area contributed by atoms with Crippen LogP contribution in [-0.4, -0.2) is 43.8 Å². The van der Waals surface area contributed by atoms with Crippen LogP contribution in [0.5, 0.6) is 5.75 Å². The number of methoxy groups -OCH3 is 1. The van der Waals surface area contributed by atoms with Crippen LogP contribution in [-0.2, 0) is 27.8 Å². The summed E-state index contributed by atoms with van der Waals surface area (Å²) < 4.78 is 32.8. The van der Waals surface area contributed by atoms with Gasteiger partial charge < -0.3 is 10.1 Å². The molecule has 1 aliphatic heterocycles. The Balaban J connectivity index is 1.66. The summed E-state index contributed by atoms with van der Waals surface area (Å²) >= 11 is 0. The number of carbonyl (C=O) groups is 1. The van der Waals surface area contributed by atoms with E-state index in [1.54, 1.807) is 42.0 Å². The molecule has 8 heteroatoms. The molecule has 0 atom stereocenters. The maximum Gasteiger partial charge on any atom is 0.243 e. The average molecular weight is 418 g/mol. The first kappa shape index (κ1) is 21.3. The summed E-state index contributed by atoms with van der Waals surface area (Å²) in [5.74, 6) is 0.475. The molecule has 1 aromatic carbocycles. The third kappa shape index (κ3) is 5.55. The van der Waals surface area contributed by atoms with E-state index >= 15 is 0 Å². The Morgan fingerprint density at radius 3 is 2.69 bits per heavy atom. The van der Waals surface area contributed by atoms with Gasteiger partial charge in [-0.1, -0.05) is 12.5 Å². The Kier molecular flexibility index (Phi) is 7.22. The second-order valence-electron chi connectivity index (χ2n) is 7.08. The van der Waals surface area contributed by atoms with E-state index < -0.39 is 10.0 Å². The van der Waals surface area contributed by atoms with Crippen molar-refractivity contribution in [2.45, 2.75) is 43.5 Å². The van der Waals surface area contributed by atoms with Crippen LogP contribution >= 0.6 is 0 Å². The van der Waals surface area contributed by atoms with Gasteiger partial charge in [-0.2, -0.15) is 4.31 Å². The van der Waals surface area contributed by atoms with Crippen LogP contribution in [0.4, 0.5) is 0 Å². The van der Waals surface area contributed by atoms with Crippen LogP contribution in [0.3, 0.4) is 0 Å². The Bertz CT molecular complexity index is 926. The maximum absolute atomic E-state index is 12.9. The normalized spacial score (nSPS) is 15.1. The van der Waals surface area contributed by atoms with Gasteiger partial charge >= 0.3 is 0 Å². The number of pyridine rings is 1. The first-order chi connectivity index (χ1) is 14.0. The van der Waals surface area contributed by atoms with Crippen LogP contribution in [0.1, 0.15) is 36.8 Å². The number of ether oxygens (including phenoxy) is 1. The summed E-state index contributed by atoms with van der Waals surface area (Å²) in [5.41, 5.74) is 1.63. The van der Waals surface area contributed by atoms with Gasteiger partial charge in [0.25, 0.3) is 0 Å². The molecule has 0 aliphatic carbocycles. The zero-order valence-corrected chi connectivity index (χ0v) is 17.5. The maximum atomic E-state index is 12.9. The summed E-state index contributed by atoms with van der Waals surface area (Å²) in [5, 5.41) is 2.86. The molecule has 0 saturated carbocycles. The minimum atomic E-state index is -3.52. The van der Waals surface area contributed by atoms with Gasteiger partial charge in [0.05, 0.1) is 12.0 Å². The van der Waals surface area contributed by atoms with Crippen molar-refractivity contribution in [3.8, 4) is 5.75 Å². The number of nitrogens with zero attached hydrogens (tertiary/aromatic N) is 2. The van der Waals surface area contributed by atoms with Gasteiger partial charge in [0.15, 0.2) is 0 Å². The predicted molar refractivity (Wildman–Crippen MR) is 110 cm³/mol. The summed E-state index contributed by atoms with van der Waals surface area (Å²) in [6.07, 6.45) is 6.86. The van der Waals surface area contributed by atoms with Crippen molar-refractivity contribution in [3.63, 3.8) is 0 Å². The summed E-state index contributed by atoms with van der Waals surface area (Å²) in [6.45, 7) is 1.52. The van der Waals surface area contributed by atoms with E-state index in [0.29, 0.717) is 37.4 Å². The number of hydrogen-bond donors (Lipinski definition) is 1. The molecule has 0 bridgehead atoms. The number of rotatable bonds is 8. The standard InChI is InChI=1S/C21H27N3O4S/c1-28-20-9-8-19(29(26,27)24-12-3-2-4-13-24)14-18(20)7-10-21(25)23-16-17-6-5-11-22-15-17/h5-6,8-9,11,14-15H,2-4,7,10,12-13,16H2,1H3,(H,23,25). The molecule has 0 radical (unpaired) electrons. The minimum Gasteiger partial charge on any atom is -0.496 e. The topological polar surface area (TPSA) is 88.6 Å². The van der Waals surface area contributed by atoms with Gasteiger partial charge in [-0.05, 0) is 54.7 Å². The molecule has 3 rings (SSSR count). The van der Waals surface area contributed by atoms with Crippen LogP contribution in [0.2, 0.25) is 0 Å². The van der Waals surface area contributed by atoms with E-state index in [-0.39, 0.29) is 17.2 Å². The van der Waals surface area contributed by atoms with Gasteiger partial charge in [-0.25, -0.2) is 8.42 Å². The number of hydrogen-bond acceptors (Lipinski definition) is 5. The number of carbonyl (C=O) groups excluding carboxylic acids is 1. The first-order valence-corrected chi connectivity index (χ1v) is 11.3. The first-order valence-electron chi connectivity index (χ1n) is 9.83. The molecular formula is C21H27N3O4S. The number of piperidine rings is 1. The quantitative estimate of drug-likeness (QED) is 0.713. The van der Waals surface area contributed by atoms with E-state index in [9.17, 15) is 13.2 Å². The molecule has 29 heavy (non-hydrogen) atoms. The number of benzene rings is 1. The molecule has 2 heterocycles. The van der Waals surface area contributed by atoms with Gasteiger partial charge in [-0.15, -0.1) is 0 Å². The van der Waals surface area contributed by atoms with Crippen LogP contribution in [0, 0.1) is 0 Å². The average Bonchev–Trinajstić information content (AvgIpc) is 2.77. The number of nitrogens with one attached hydrogen (secondary N) is 1. The smallest absolute Gasteiger partial charge is 0.243 e. The fourth-order valence-corrected chi connectivity index (χ4v) is 4.97. The highest BCUT2D eigenvalue weighted by atomic mass is 32.2. The van der Waals surface area contributed by atoms with Crippen LogP contribution < -0.4 is 10.1 Å². The van der Waals surface area contributed by atoms with Crippen molar-refractivity contribution in [1.29, 1.82) is 0 Å². The summed E-state index contributed by atoms with van der Waals surface area (Å²) in [6, 6.07) is 8.59. The lowest BCUT2D eigenvalue weighted by atomic mass is 10.1. The molecule has 2 aromatic rings. The van der Waals surface area contributed by atoms with E-state index in [1.807, 2.05) is 12.1 Å². The van der Waals surface area contributed by atoms with Gasteiger partial charge in [0.2, 0.25) is 15.9 Å². The number of sulfonamides is 1. The van der Waals surface area contributed by atoms with Crippen molar-refractivity contribution in [1.82, 2.24) is 14.6 Å². The van der Waals surface area contributed by atoms with Gasteiger partial charge in [0, 0.05) is 38.4 Å². The third-order valence-electron chi connectivity index (χ3n) is 5.04. The van der Waals surface area contributed by atoms with Crippen molar-refractivity contribution in [3.05, 3.63) is 53.9 Å². The Hall–Kier alpha value is -2.45. The monoisotopic (exact) mass is 417 g/mol. The van der Waals surface area contributed by atoms with Gasteiger partial charge in [-0.3, -0.25) is 9.78 Å². The highest BCUT2D eigenvalue weighted by Gasteiger charge is 2.26. The van der Waals surface area contributed by atoms with Gasteiger partial charge in [0.1, 0.15) is 5.75 Å². The Labute approximate surface area is 172 Å². The summed E-state index contributed by atoms with van der Waals surface area (Å²) in [4.78, 5) is 16.5. The van der Waals surface area contributed by atoms with Crippen molar-refractivity contribution in [2.75, 3.05) is 20.2 Å². The van der Waals surface area contributed by atoms with E-state index in [0.717, 1.165) is 24.8 Å². The minimum absolute atomic E-state index is 0.111. The highest BCUT2D eigenvalue weighted by molar-refractivity contribution is 7.89. The van der Waals surface area contributed by atoms with E-state index in [1.165, 1.54) is 0 Å². The molecule has 1 aliphatic rings. The van der Waals surface area contributed by atoms with Crippen LogP contribution in [0.15, 0.2) is 47.6 Å². The second kappa shape index (κ2) is 9.84. The van der Waals surface area contributed by atoms with Crippen molar-refractivity contribution in [2.24, 2.45) is 0 Å². The zero-order valence-electron chi connectivity index (χ0n) is 16.6. The highest BCUT2D eigenvalue weighted by Crippen LogP contribution is 2.27. The molecule has 1 fully saturated rings. The molecule has 1 aromatic heterocycles. The SMILES string of the molecule is COc1ccc(S(=O)(=O)N2CCCCC2)cc1CCC(=O)NCc1cccnc1. The lowest BCUT2D eigenvalue weighted by molar-refractivity contribution is -0.121. The fourth-order valence-electron chi connectivity index (χ4n) is 3.41. The number of aromatic nitrogens is 1. The van der Waals surface area contributed by atoms with E-state index in [4.69, 9.17) is 4.74 Å². The molecule has 156 valence electrons. The Morgan fingerprint density at radius 1 is 1.21 bits per heavy atom. The lowest BCUT2D eigenvalue weighted by Gasteiger charge is -2.26. The molecule has 7 nitrogen and oxygen atoms in total. The van der Waals surface area contributed by atoms with Crippen molar-refractivity contribution >= 4 is 15.9 Å². The number of aryl methyl sites for hydroxylation is 1. The second-order valence-corrected chi connectivity index (χ2v) is 9.01. The predicted octanol–water partition coefficient (Wildman–Crippen LogP) is 2.51. The molecule has 1 amide bonds. The third-order valence-corrected chi connectivity index (χ3v) is 6.93. The zero-order chi connectivity index (χ0) is 20.7. The molecular weight excluding hydrogens is 390 g/mol.